The lowest BCUT2D eigenvalue weighted by Crippen LogP contribution is -2.54. The number of carbonyl (C=O) groups is 1. The van der Waals surface area contributed by atoms with Crippen molar-refractivity contribution in [3.05, 3.63) is 35.9 Å². The molecule has 1 aromatic carbocycles. The summed E-state index contributed by atoms with van der Waals surface area (Å²) in [6.45, 7) is 0.806. The van der Waals surface area contributed by atoms with Crippen molar-refractivity contribution in [1.82, 2.24) is 5.32 Å². The van der Waals surface area contributed by atoms with Crippen molar-refractivity contribution >= 4 is 15.8 Å². The molecule has 1 N–H and O–H groups in total. The maximum Gasteiger partial charge on any atom is 0.311 e. The first kappa shape index (κ1) is 15.1. The van der Waals surface area contributed by atoms with Crippen molar-refractivity contribution in [2.75, 3.05) is 18.1 Å². The van der Waals surface area contributed by atoms with Gasteiger partial charge in [-0.05, 0) is 24.8 Å². The van der Waals surface area contributed by atoms with Crippen molar-refractivity contribution in [2.45, 2.75) is 36.8 Å². The van der Waals surface area contributed by atoms with Crippen molar-refractivity contribution in [1.29, 1.82) is 0 Å². The highest BCUT2D eigenvalue weighted by molar-refractivity contribution is 7.91. The minimum Gasteiger partial charge on any atom is -0.462 e. The molecule has 1 aromatic rings. The van der Waals surface area contributed by atoms with Crippen molar-refractivity contribution in [3.8, 4) is 0 Å². The Morgan fingerprint density at radius 2 is 1.87 bits per heavy atom. The van der Waals surface area contributed by atoms with Crippen LogP contribution < -0.4 is 5.32 Å². The summed E-state index contributed by atoms with van der Waals surface area (Å²) in [5.74, 6) is -0.0646. The zero-order valence-electron chi connectivity index (χ0n) is 12.9. The molecular formula is C17H21NO4S. The molecule has 5 rings (SSSR count). The molecule has 3 unspecified atom stereocenters. The van der Waals surface area contributed by atoms with E-state index in [0.29, 0.717) is 12.8 Å². The molecule has 5 nitrogen and oxygen atoms in total. The van der Waals surface area contributed by atoms with Gasteiger partial charge >= 0.3 is 5.97 Å². The van der Waals surface area contributed by atoms with Gasteiger partial charge in [0, 0.05) is 18.0 Å². The molecule has 23 heavy (non-hydrogen) atoms. The minimum atomic E-state index is -2.93. The zero-order chi connectivity index (χ0) is 16.1. The van der Waals surface area contributed by atoms with Crippen LogP contribution in [0, 0.1) is 5.92 Å². The highest BCUT2D eigenvalue weighted by Gasteiger charge is 2.63. The molecule has 124 valence electrons. The van der Waals surface area contributed by atoms with E-state index in [4.69, 9.17) is 4.74 Å². The number of nitrogens with one attached hydrogen (secondary N) is 1. The molecule has 3 heterocycles. The monoisotopic (exact) mass is 335 g/mol. The van der Waals surface area contributed by atoms with Crippen LogP contribution in [0.25, 0.3) is 0 Å². The first-order valence-corrected chi connectivity index (χ1v) is 10.0. The molecule has 0 amide bonds. The van der Waals surface area contributed by atoms with Crippen LogP contribution >= 0.6 is 0 Å². The number of fused-ring (bicyclic) bond motifs is 1. The molecule has 4 fully saturated rings. The minimum absolute atomic E-state index is 0.126. The number of esters is 1. The first-order valence-electron chi connectivity index (χ1n) is 8.20. The van der Waals surface area contributed by atoms with Crippen LogP contribution in [0.15, 0.2) is 30.3 Å². The van der Waals surface area contributed by atoms with Gasteiger partial charge in [-0.2, -0.15) is 0 Å². The number of rotatable bonds is 3. The SMILES string of the molecule is O=C(OC1CCS(=O)(=O)CC1)C1C2CC1(c1ccccc1)CN2. The fourth-order valence-corrected chi connectivity index (χ4v) is 5.78. The predicted molar refractivity (Wildman–Crippen MR) is 85.8 cm³/mol. The Hall–Kier alpha value is -1.40. The Balaban J connectivity index is 1.47. The van der Waals surface area contributed by atoms with Gasteiger partial charge in [0.15, 0.2) is 9.84 Å². The Morgan fingerprint density at radius 3 is 2.52 bits per heavy atom. The van der Waals surface area contributed by atoms with E-state index in [2.05, 4.69) is 17.4 Å². The normalized spacial score (nSPS) is 35.5. The summed E-state index contributed by atoms with van der Waals surface area (Å²) >= 11 is 0. The third kappa shape index (κ3) is 2.48. The van der Waals surface area contributed by atoms with E-state index in [9.17, 15) is 13.2 Å². The molecular weight excluding hydrogens is 314 g/mol. The highest BCUT2D eigenvalue weighted by Crippen LogP contribution is 2.53. The second kappa shape index (κ2) is 5.31. The molecule has 3 atom stereocenters. The molecule has 2 bridgehead atoms. The van der Waals surface area contributed by atoms with Crippen LogP contribution in [-0.4, -0.2) is 44.6 Å². The van der Waals surface area contributed by atoms with Crippen LogP contribution in [0.4, 0.5) is 0 Å². The number of sulfone groups is 1. The van der Waals surface area contributed by atoms with E-state index in [1.807, 2.05) is 18.2 Å². The maximum absolute atomic E-state index is 12.7. The van der Waals surface area contributed by atoms with Crippen LogP contribution in [0.1, 0.15) is 24.8 Å². The molecule has 4 aliphatic rings. The number of ether oxygens (including phenoxy) is 1. The molecule has 1 aliphatic carbocycles. The zero-order valence-corrected chi connectivity index (χ0v) is 13.7. The molecule has 0 radical (unpaired) electrons. The Morgan fingerprint density at radius 1 is 1.17 bits per heavy atom. The average Bonchev–Trinajstić information content (AvgIpc) is 3.11. The van der Waals surface area contributed by atoms with E-state index in [-0.39, 0.29) is 41.0 Å². The summed E-state index contributed by atoms with van der Waals surface area (Å²) in [5.41, 5.74) is 1.04. The van der Waals surface area contributed by atoms with E-state index in [1.165, 1.54) is 5.56 Å². The Bertz CT molecular complexity index is 699. The molecule has 0 aromatic heterocycles. The quantitative estimate of drug-likeness (QED) is 0.836. The molecule has 3 aliphatic heterocycles. The standard InChI is InChI=1S/C17H21NO4S/c19-16(22-13-6-8-23(20,21)9-7-13)15-14-10-17(15,11-18-14)12-4-2-1-3-5-12/h1-5,13-15,18H,6-11H2. The lowest BCUT2D eigenvalue weighted by Gasteiger charge is -2.45. The highest BCUT2D eigenvalue weighted by atomic mass is 32.2. The van der Waals surface area contributed by atoms with Gasteiger partial charge in [-0.25, -0.2) is 8.42 Å². The van der Waals surface area contributed by atoms with Crippen molar-refractivity contribution < 1.29 is 17.9 Å². The largest absolute Gasteiger partial charge is 0.462 e. The summed E-state index contributed by atoms with van der Waals surface area (Å²) in [4.78, 5) is 12.7. The summed E-state index contributed by atoms with van der Waals surface area (Å²) < 4.78 is 28.6. The number of carbonyl (C=O) groups excluding carboxylic acids is 1. The van der Waals surface area contributed by atoms with E-state index in [0.717, 1.165) is 13.0 Å². The fraction of sp³-hybridized carbons (Fsp3) is 0.588. The van der Waals surface area contributed by atoms with Gasteiger partial charge in [0.2, 0.25) is 0 Å². The molecule has 0 spiro atoms. The topological polar surface area (TPSA) is 72.5 Å². The third-order valence-corrected chi connectivity index (χ3v) is 7.36. The van der Waals surface area contributed by atoms with Crippen LogP contribution in [0.3, 0.4) is 0 Å². The first-order chi connectivity index (χ1) is 11.0. The third-order valence-electron chi connectivity index (χ3n) is 5.65. The smallest absolute Gasteiger partial charge is 0.311 e. The van der Waals surface area contributed by atoms with Crippen LogP contribution in [0.5, 0.6) is 0 Å². The summed E-state index contributed by atoms with van der Waals surface area (Å²) in [6.07, 6.45) is 1.57. The average molecular weight is 335 g/mol. The van der Waals surface area contributed by atoms with Gasteiger partial charge in [-0.3, -0.25) is 4.79 Å². The Kier molecular flexibility index (Phi) is 3.50. The summed E-state index contributed by atoms with van der Waals surface area (Å²) in [7, 11) is -2.93. The van der Waals surface area contributed by atoms with Crippen molar-refractivity contribution in [2.24, 2.45) is 5.92 Å². The van der Waals surface area contributed by atoms with E-state index in [1.54, 1.807) is 0 Å². The van der Waals surface area contributed by atoms with Gasteiger partial charge < -0.3 is 10.1 Å². The second-order valence-electron chi connectivity index (χ2n) is 6.98. The fourth-order valence-electron chi connectivity index (χ4n) is 4.33. The number of hydrogen-bond acceptors (Lipinski definition) is 5. The van der Waals surface area contributed by atoms with Gasteiger partial charge in [0.1, 0.15) is 6.10 Å². The van der Waals surface area contributed by atoms with Gasteiger partial charge in [-0.1, -0.05) is 30.3 Å². The van der Waals surface area contributed by atoms with E-state index >= 15 is 0 Å². The molecule has 6 heteroatoms. The van der Waals surface area contributed by atoms with Crippen molar-refractivity contribution in [3.63, 3.8) is 0 Å². The predicted octanol–water partition coefficient (Wildman–Crippen LogP) is 1.04. The molecule has 3 saturated heterocycles. The lowest BCUT2D eigenvalue weighted by molar-refractivity contribution is -0.161. The van der Waals surface area contributed by atoms with Gasteiger partial charge in [0.05, 0.1) is 17.4 Å². The van der Waals surface area contributed by atoms with Crippen LogP contribution in [0.2, 0.25) is 0 Å². The van der Waals surface area contributed by atoms with Gasteiger partial charge in [0.25, 0.3) is 0 Å². The number of hydrogen-bond donors (Lipinski definition) is 1. The van der Waals surface area contributed by atoms with E-state index < -0.39 is 9.84 Å². The number of benzene rings is 1. The molecule has 1 saturated carbocycles. The van der Waals surface area contributed by atoms with Crippen LogP contribution in [-0.2, 0) is 24.8 Å². The lowest BCUT2D eigenvalue weighted by atomic mass is 9.57. The Labute approximate surface area is 136 Å². The summed E-state index contributed by atoms with van der Waals surface area (Å²) in [6, 6.07) is 10.3. The maximum atomic E-state index is 12.7. The van der Waals surface area contributed by atoms with Gasteiger partial charge in [-0.15, -0.1) is 0 Å². The second-order valence-corrected chi connectivity index (χ2v) is 9.28. The summed E-state index contributed by atoms with van der Waals surface area (Å²) in [5, 5.41) is 3.42.